The zero-order valence-corrected chi connectivity index (χ0v) is 18.6. The van der Waals surface area contributed by atoms with Crippen LogP contribution >= 0.6 is 24.0 Å². The molecule has 0 radical (unpaired) electrons. The molecule has 148 valence electrons. The Hall–Kier alpha value is -0.910. The van der Waals surface area contributed by atoms with Crippen LogP contribution in [0.25, 0.3) is 0 Å². The third-order valence-corrected chi connectivity index (χ3v) is 4.96. The van der Waals surface area contributed by atoms with Crippen LogP contribution < -0.4 is 15.4 Å². The van der Waals surface area contributed by atoms with Gasteiger partial charge in [-0.25, -0.2) is 13.1 Å². The van der Waals surface area contributed by atoms with Gasteiger partial charge in [-0.05, 0) is 31.5 Å². The quantitative estimate of drug-likeness (QED) is 0.218. The van der Waals surface area contributed by atoms with E-state index in [1.54, 1.807) is 7.05 Å². The predicted octanol–water partition coefficient (Wildman–Crippen LogP) is 1.16. The summed E-state index contributed by atoms with van der Waals surface area (Å²) in [5.74, 6) is 0.676. The first-order chi connectivity index (χ1) is 12.0. The number of nitrogens with zero attached hydrogens (tertiary/aromatic N) is 2. The number of hydrogen-bond donors (Lipinski definition) is 3. The molecule has 0 amide bonds. The zero-order valence-electron chi connectivity index (χ0n) is 15.4. The van der Waals surface area contributed by atoms with Gasteiger partial charge in [-0.1, -0.05) is 30.3 Å². The lowest BCUT2D eigenvalue weighted by molar-refractivity contribution is 0.245. The van der Waals surface area contributed by atoms with Crippen LogP contribution in [0.15, 0.2) is 35.3 Å². The van der Waals surface area contributed by atoms with Crippen LogP contribution in [-0.4, -0.2) is 65.3 Å². The van der Waals surface area contributed by atoms with Crippen molar-refractivity contribution in [1.82, 2.24) is 20.3 Å². The maximum atomic E-state index is 11.1. The molecule has 0 bridgehead atoms. The molecule has 1 saturated heterocycles. The van der Waals surface area contributed by atoms with Gasteiger partial charge >= 0.3 is 0 Å². The third-order valence-electron chi connectivity index (χ3n) is 4.23. The van der Waals surface area contributed by atoms with Gasteiger partial charge in [-0.2, -0.15) is 0 Å². The highest BCUT2D eigenvalue weighted by Crippen LogP contribution is 2.24. The highest BCUT2D eigenvalue weighted by molar-refractivity contribution is 14.0. The maximum absolute atomic E-state index is 11.1. The van der Waals surface area contributed by atoms with E-state index in [4.69, 9.17) is 0 Å². The van der Waals surface area contributed by atoms with Crippen molar-refractivity contribution >= 4 is 40.0 Å². The van der Waals surface area contributed by atoms with Crippen LogP contribution in [0.1, 0.15) is 24.4 Å². The van der Waals surface area contributed by atoms with Gasteiger partial charge in [0, 0.05) is 26.7 Å². The van der Waals surface area contributed by atoms with Gasteiger partial charge in [0.05, 0.1) is 12.3 Å². The molecule has 1 aliphatic heterocycles. The van der Waals surface area contributed by atoms with E-state index in [0.29, 0.717) is 25.1 Å². The monoisotopic (exact) mass is 495 g/mol. The molecule has 0 saturated carbocycles. The average molecular weight is 495 g/mol. The molecule has 1 unspecified atom stereocenters. The topological polar surface area (TPSA) is 85.8 Å². The molecule has 0 spiro atoms. The summed E-state index contributed by atoms with van der Waals surface area (Å²) in [6, 6.07) is 10.8. The van der Waals surface area contributed by atoms with Crippen molar-refractivity contribution in [2.45, 2.75) is 18.9 Å². The van der Waals surface area contributed by atoms with Gasteiger partial charge in [0.25, 0.3) is 0 Å². The van der Waals surface area contributed by atoms with E-state index in [-0.39, 0.29) is 24.0 Å². The van der Waals surface area contributed by atoms with E-state index in [0.717, 1.165) is 25.9 Å². The van der Waals surface area contributed by atoms with Crippen molar-refractivity contribution in [3.8, 4) is 0 Å². The number of guanidine groups is 1. The second-order valence-electron chi connectivity index (χ2n) is 6.22. The molecule has 7 nitrogen and oxygen atoms in total. The highest BCUT2D eigenvalue weighted by Gasteiger charge is 2.23. The van der Waals surface area contributed by atoms with E-state index < -0.39 is 10.0 Å². The van der Waals surface area contributed by atoms with Crippen LogP contribution in [0, 0.1) is 0 Å². The average Bonchev–Trinajstić information content (AvgIpc) is 3.11. The van der Waals surface area contributed by atoms with Crippen LogP contribution in [0.3, 0.4) is 0 Å². The number of nitrogens with one attached hydrogen (secondary N) is 3. The standard InChI is InChI=1S/C17H29N5O2S.HI/c1-18-17(19-10-11-21-25(2,23)24)20-14-16(22-12-6-7-13-22)15-8-4-3-5-9-15;/h3-5,8-9,16,21H,6-7,10-14H2,1-2H3,(H2,18,19,20);1H. The van der Waals surface area contributed by atoms with Gasteiger partial charge in [-0.15, -0.1) is 24.0 Å². The molecule has 0 aliphatic carbocycles. The molecule has 3 N–H and O–H groups in total. The SMILES string of the molecule is CN=C(NCCNS(C)(=O)=O)NCC(c1ccccc1)N1CCCC1.I. The summed E-state index contributed by atoms with van der Waals surface area (Å²) in [5, 5.41) is 6.50. The summed E-state index contributed by atoms with van der Waals surface area (Å²) in [4.78, 5) is 6.71. The molecule has 0 aromatic heterocycles. The molecule has 1 aliphatic rings. The molecule has 1 atom stereocenters. The lowest BCUT2D eigenvalue weighted by Crippen LogP contribution is -2.44. The largest absolute Gasteiger partial charge is 0.355 e. The normalized spacial score (nSPS) is 16.8. The molecule has 26 heavy (non-hydrogen) atoms. The predicted molar refractivity (Wildman–Crippen MR) is 118 cm³/mol. The molecule has 1 heterocycles. The number of halogens is 1. The first kappa shape index (κ1) is 23.1. The van der Waals surface area contributed by atoms with Crippen LogP contribution in [0.5, 0.6) is 0 Å². The molecule has 1 fully saturated rings. The number of benzene rings is 1. The van der Waals surface area contributed by atoms with E-state index in [2.05, 4.69) is 49.5 Å². The summed E-state index contributed by atoms with van der Waals surface area (Å²) < 4.78 is 24.6. The van der Waals surface area contributed by atoms with E-state index >= 15 is 0 Å². The Bertz CT molecular complexity index is 648. The van der Waals surface area contributed by atoms with E-state index in [1.807, 2.05) is 6.07 Å². The smallest absolute Gasteiger partial charge is 0.208 e. The summed E-state index contributed by atoms with van der Waals surface area (Å²) in [7, 11) is -1.44. The van der Waals surface area contributed by atoms with Crippen LogP contribution in [0.4, 0.5) is 0 Å². The number of rotatable bonds is 8. The maximum Gasteiger partial charge on any atom is 0.208 e. The van der Waals surface area contributed by atoms with Gasteiger partial charge in [0.15, 0.2) is 5.96 Å². The van der Waals surface area contributed by atoms with Gasteiger partial charge in [-0.3, -0.25) is 9.89 Å². The molecule has 1 aromatic carbocycles. The summed E-state index contributed by atoms with van der Waals surface area (Å²) >= 11 is 0. The summed E-state index contributed by atoms with van der Waals surface area (Å²) in [6.45, 7) is 3.79. The minimum absolute atomic E-state index is 0. The summed E-state index contributed by atoms with van der Waals surface area (Å²) in [5.41, 5.74) is 1.30. The second kappa shape index (κ2) is 11.7. The van der Waals surface area contributed by atoms with Crippen LogP contribution in [0.2, 0.25) is 0 Å². The minimum Gasteiger partial charge on any atom is -0.355 e. The van der Waals surface area contributed by atoms with E-state index in [1.165, 1.54) is 18.4 Å². The minimum atomic E-state index is -3.16. The number of aliphatic imine (C=N–C) groups is 1. The third kappa shape index (κ3) is 8.19. The Kier molecular flexibility index (Phi) is 10.4. The summed E-state index contributed by atoms with van der Waals surface area (Å²) in [6.07, 6.45) is 3.64. The van der Waals surface area contributed by atoms with Gasteiger partial charge < -0.3 is 10.6 Å². The Balaban J connectivity index is 0.00000338. The van der Waals surface area contributed by atoms with Crippen molar-refractivity contribution in [3.05, 3.63) is 35.9 Å². The van der Waals surface area contributed by atoms with Crippen molar-refractivity contribution in [1.29, 1.82) is 0 Å². The first-order valence-electron chi connectivity index (χ1n) is 8.68. The number of sulfonamides is 1. The lowest BCUT2D eigenvalue weighted by Gasteiger charge is -2.29. The highest BCUT2D eigenvalue weighted by atomic mass is 127. The Morgan fingerprint density at radius 1 is 1.15 bits per heavy atom. The van der Waals surface area contributed by atoms with Gasteiger partial charge in [0.2, 0.25) is 10.0 Å². The lowest BCUT2D eigenvalue weighted by atomic mass is 10.1. The number of hydrogen-bond acceptors (Lipinski definition) is 4. The van der Waals surface area contributed by atoms with Crippen molar-refractivity contribution in [2.24, 2.45) is 4.99 Å². The Morgan fingerprint density at radius 3 is 2.38 bits per heavy atom. The fourth-order valence-corrected chi connectivity index (χ4v) is 3.49. The Morgan fingerprint density at radius 2 is 1.81 bits per heavy atom. The van der Waals surface area contributed by atoms with E-state index in [9.17, 15) is 8.42 Å². The van der Waals surface area contributed by atoms with Crippen molar-refractivity contribution in [2.75, 3.05) is 46.0 Å². The first-order valence-corrected chi connectivity index (χ1v) is 10.6. The number of likely N-dealkylation sites (tertiary alicyclic amines) is 1. The Labute approximate surface area is 174 Å². The fourth-order valence-electron chi connectivity index (χ4n) is 3.02. The molecule has 9 heteroatoms. The van der Waals surface area contributed by atoms with Crippen molar-refractivity contribution < 1.29 is 8.42 Å². The zero-order chi connectivity index (χ0) is 18.1. The molecule has 1 aromatic rings. The molecular weight excluding hydrogens is 465 g/mol. The molecule has 2 rings (SSSR count). The molecular formula is C17H30IN5O2S. The second-order valence-corrected chi connectivity index (χ2v) is 8.05. The van der Waals surface area contributed by atoms with Crippen molar-refractivity contribution in [3.63, 3.8) is 0 Å². The fraction of sp³-hybridized carbons (Fsp3) is 0.588. The van der Waals surface area contributed by atoms with Crippen LogP contribution in [-0.2, 0) is 10.0 Å². The van der Waals surface area contributed by atoms with Gasteiger partial charge in [0.1, 0.15) is 0 Å².